The van der Waals surface area contributed by atoms with E-state index >= 15 is 0 Å². The highest BCUT2D eigenvalue weighted by atomic mass is 19.4. The molecule has 0 aliphatic heterocycles. The van der Waals surface area contributed by atoms with Crippen LogP contribution < -0.4 is 4.74 Å². The molecule has 4 aromatic carbocycles. The van der Waals surface area contributed by atoms with E-state index in [0.717, 1.165) is 23.3 Å². The van der Waals surface area contributed by atoms with Crippen molar-refractivity contribution in [3.63, 3.8) is 0 Å². The van der Waals surface area contributed by atoms with E-state index in [2.05, 4.69) is 0 Å². The van der Waals surface area contributed by atoms with Crippen LogP contribution in [0.15, 0.2) is 97.1 Å². The smallest absolute Gasteiger partial charge is 0.416 e. The molecule has 0 aromatic heterocycles. The number of carboxylic acid groups (broad SMARTS) is 2. The van der Waals surface area contributed by atoms with E-state index in [1.807, 2.05) is 6.08 Å². The summed E-state index contributed by atoms with van der Waals surface area (Å²) in [6.07, 6.45) is 1.04. The Morgan fingerprint density at radius 3 is 1.88 bits per heavy atom. The number of alkyl halides is 3. The lowest BCUT2D eigenvalue weighted by Gasteiger charge is -2.15. The molecule has 1 unspecified atom stereocenters. The van der Waals surface area contributed by atoms with Gasteiger partial charge in [-0.2, -0.15) is 13.2 Å². The molecule has 0 saturated heterocycles. The first-order valence-electron chi connectivity index (χ1n) is 13.4. The Morgan fingerprint density at radius 1 is 0.767 bits per heavy atom. The molecule has 0 fully saturated rings. The van der Waals surface area contributed by atoms with Gasteiger partial charge in [-0.1, -0.05) is 48.6 Å². The van der Waals surface area contributed by atoms with E-state index in [-0.39, 0.29) is 23.7 Å². The second kappa shape index (κ2) is 13.8. The summed E-state index contributed by atoms with van der Waals surface area (Å²) < 4.78 is 58.7. The molecule has 0 amide bonds. The number of rotatable bonds is 12. The first-order valence-corrected chi connectivity index (χ1v) is 13.4. The molecule has 9 heteroatoms. The normalized spacial score (nSPS) is 12.3. The molecule has 0 aliphatic rings. The van der Waals surface area contributed by atoms with Crippen LogP contribution in [0.4, 0.5) is 17.6 Å². The van der Waals surface area contributed by atoms with Crippen LogP contribution in [-0.4, -0.2) is 22.2 Å². The van der Waals surface area contributed by atoms with Crippen molar-refractivity contribution in [2.24, 2.45) is 5.92 Å². The molecule has 0 radical (unpaired) electrons. The van der Waals surface area contributed by atoms with Gasteiger partial charge in [0.15, 0.2) is 0 Å². The number of carbonyl (C=O) groups is 2. The first-order chi connectivity index (χ1) is 20.5. The molecule has 2 N–H and O–H groups in total. The van der Waals surface area contributed by atoms with Gasteiger partial charge in [-0.05, 0) is 96.5 Å². The maximum Gasteiger partial charge on any atom is 0.416 e. The van der Waals surface area contributed by atoms with Crippen molar-refractivity contribution in [1.82, 2.24) is 0 Å². The molecule has 4 rings (SSSR count). The zero-order valence-electron chi connectivity index (χ0n) is 22.9. The SMILES string of the molecule is O=C(O)c1ccc(CCC(/C=C/c2cc(F)ccc2OCc2ccc(C(F)(F)F)cc2)Cc2ccc(C(=O)O)cc2)cc1. The van der Waals surface area contributed by atoms with Gasteiger partial charge in [0.25, 0.3) is 0 Å². The third-order valence-corrected chi connectivity index (χ3v) is 6.90. The summed E-state index contributed by atoms with van der Waals surface area (Å²) >= 11 is 0. The Balaban J connectivity index is 1.52. The third kappa shape index (κ3) is 9.03. The van der Waals surface area contributed by atoms with Crippen LogP contribution in [0.5, 0.6) is 5.75 Å². The fraction of sp³-hybridized carbons (Fsp3) is 0.176. The Labute approximate surface area is 245 Å². The highest BCUT2D eigenvalue weighted by Crippen LogP contribution is 2.30. The van der Waals surface area contributed by atoms with E-state index in [1.165, 1.54) is 42.5 Å². The molecule has 5 nitrogen and oxygen atoms in total. The highest BCUT2D eigenvalue weighted by Gasteiger charge is 2.29. The van der Waals surface area contributed by atoms with Gasteiger partial charge < -0.3 is 14.9 Å². The molecular formula is C34H28F4O5. The van der Waals surface area contributed by atoms with Gasteiger partial charge in [-0.15, -0.1) is 0 Å². The predicted molar refractivity (Wildman–Crippen MR) is 154 cm³/mol. The predicted octanol–water partition coefficient (Wildman–Crippen LogP) is 8.32. The maximum atomic E-state index is 14.2. The number of aryl methyl sites for hydroxylation is 1. The average molecular weight is 593 g/mol. The van der Waals surface area contributed by atoms with E-state index < -0.39 is 29.5 Å². The molecule has 0 saturated carbocycles. The van der Waals surface area contributed by atoms with Crippen molar-refractivity contribution in [2.75, 3.05) is 0 Å². The summed E-state index contributed by atoms with van der Waals surface area (Å²) in [5.74, 6) is -2.24. The second-order valence-corrected chi connectivity index (χ2v) is 10.0. The standard InChI is InChI=1S/C34H28F4O5/c35-30-17-18-31(43-21-25-8-15-29(16-9-25)34(36,37)38)28(20-30)14-7-23(19-24-5-12-27(13-6-24)33(41)42)2-1-22-3-10-26(11-4-22)32(39)40/h3-18,20,23H,1-2,19,21H2,(H,39,40)(H,41,42)/b14-7+. The van der Waals surface area contributed by atoms with Crippen molar-refractivity contribution < 1.29 is 42.1 Å². The largest absolute Gasteiger partial charge is 0.488 e. The number of hydrogen-bond donors (Lipinski definition) is 2. The van der Waals surface area contributed by atoms with E-state index in [0.29, 0.717) is 36.1 Å². The van der Waals surface area contributed by atoms with Crippen LogP contribution in [0.3, 0.4) is 0 Å². The van der Waals surface area contributed by atoms with E-state index in [9.17, 15) is 32.3 Å². The quantitative estimate of drug-likeness (QED) is 0.162. The minimum atomic E-state index is -4.44. The lowest BCUT2D eigenvalue weighted by molar-refractivity contribution is -0.137. The summed E-state index contributed by atoms with van der Waals surface area (Å²) in [4.78, 5) is 22.4. The van der Waals surface area contributed by atoms with E-state index in [4.69, 9.17) is 9.84 Å². The zero-order chi connectivity index (χ0) is 31.0. The second-order valence-electron chi connectivity index (χ2n) is 10.0. The number of benzene rings is 4. The molecule has 43 heavy (non-hydrogen) atoms. The summed E-state index contributed by atoms with van der Waals surface area (Å²) in [5.41, 5.74) is 2.41. The molecule has 0 aliphatic carbocycles. The van der Waals surface area contributed by atoms with Crippen LogP contribution in [0.1, 0.15) is 55.0 Å². The van der Waals surface area contributed by atoms with Crippen LogP contribution in [0, 0.1) is 11.7 Å². The topological polar surface area (TPSA) is 83.8 Å². The Bertz CT molecular complexity index is 1580. The van der Waals surface area contributed by atoms with Crippen molar-refractivity contribution in [3.05, 3.63) is 142 Å². The summed E-state index contributed by atoms with van der Waals surface area (Å²) in [6.45, 7) is -0.0176. The van der Waals surface area contributed by atoms with Crippen molar-refractivity contribution in [3.8, 4) is 5.75 Å². The van der Waals surface area contributed by atoms with Gasteiger partial charge in [-0.25, -0.2) is 14.0 Å². The maximum absolute atomic E-state index is 14.2. The summed E-state index contributed by atoms with van der Waals surface area (Å²) in [5, 5.41) is 18.4. The number of hydrogen-bond acceptors (Lipinski definition) is 3. The Hall–Kier alpha value is -4.92. The number of halogens is 4. The molecule has 0 heterocycles. The number of aromatic carboxylic acids is 2. The molecule has 222 valence electrons. The van der Waals surface area contributed by atoms with Gasteiger partial charge in [0.1, 0.15) is 18.2 Å². The van der Waals surface area contributed by atoms with Gasteiger partial charge in [0, 0.05) is 5.56 Å². The van der Waals surface area contributed by atoms with Crippen LogP contribution in [0.2, 0.25) is 0 Å². The third-order valence-electron chi connectivity index (χ3n) is 6.90. The Morgan fingerprint density at radius 2 is 1.33 bits per heavy atom. The fourth-order valence-electron chi connectivity index (χ4n) is 4.49. The number of allylic oxidation sites excluding steroid dienone is 1. The van der Waals surface area contributed by atoms with Crippen LogP contribution in [-0.2, 0) is 25.6 Å². The monoisotopic (exact) mass is 592 g/mol. The van der Waals surface area contributed by atoms with Gasteiger partial charge >= 0.3 is 18.1 Å². The zero-order valence-corrected chi connectivity index (χ0v) is 22.9. The minimum Gasteiger partial charge on any atom is -0.488 e. The molecule has 4 aromatic rings. The minimum absolute atomic E-state index is 0.0176. The molecule has 0 spiro atoms. The van der Waals surface area contributed by atoms with Crippen molar-refractivity contribution in [2.45, 2.75) is 32.0 Å². The lowest BCUT2D eigenvalue weighted by atomic mass is 9.91. The summed E-state index contributed by atoms with van der Waals surface area (Å²) in [6, 6.07) is 21.8. The molecular weight excluding hydrogens is 564 g/mol. The number of ether oxygens (including phenoxy) is 1. The molecule has 1 atom stereocenters. The summed E-state index contributed by atoms with van der Waals surface area (Å²) in [7, 11) is 0. The fourth-order valence-corrected chi connectivity index (χ4v) is 4.49. The Kier molecular flexibility index (Phi) is 9.98. The van der Waals surface area contributed by atoms with Gasteiger partial charge in [0.05, 0.1) is 16.7 Å². The van der Waals surface area contributed by atoms with E-state index in [1.54, 1.807) is 42.5 Å². The number of carboxylic acids is 2. The first kappa shape index (κ1) is 31.0. The molecule has 0 bridgehead atoms. The van der Waals surface area contributed by atoms with Gasteiger partial charge in [-0.3, -0.25) is 0 Å². The van der Waals surface area contributed by atoms with Crippen molar-refractivity contribution in [1.29, 1.82) is 0 Å². The van der Waals surface area contributed by atoms with Gasteiger partial charge in [0.2, 0.25) is 0 Å². The highest BCUT2D eigenvalue weighted by molar-refractivity contribution is 5.88. The van der Waals surface area contributed by atoms with Crippen LogP contribution >= 0.6 is 0 Å². The van der Waals surface area contributed by atoms with Crippen molar-refractivity contribution >= 4 is 18.0 Å². The van der Waals surface area contributed by atoms with Crippen LogP contribution in [0.25, 0.3) is 6.08 Å². The lowest BCUT2D eigenvalue weighted by Crippen LogP contribution is -2.05. The average Bonchev–Trinajstić information content (AvgIpc) is 2.98.